The molecular formula is C16H30N2O3. The van der Waals surface area contributed by atoms with E-state index in [1.54, 1.807) is 20.8 Å². The van der Waals surface area contributed by atoms with E-state index in [-0.39, 0.29) is 11.8 Å². The number of alkyl carbamates (subject to hydrolysis) is 1. The quantitative estimate of drug-likeness (QED) is 0.820. The number of nitrogens with one attached hydrogen (secondary N) is 2. The Bertz CT molecular complexity index is 355. The van der Waals surface area contributed by atoms with Crippen molar-refractivity contribution in [3.63, 3.8) is 0 Å². The average molecular weight is 298 g/mol. The second-order valence-corrected chi connectivity index (χ2v) is 7.26. The van der Waals surface area contributed by atoms with Crippen LogP contribution in [-0.4, -0.2) is 30.2 Å². The third kappa shape index (κ3) is 6.82. The van der Waals surface area contributed by atoms with Gasteiger partial charge in [-0.1, -0.05) is 26.7 Å². The van der Waals surface area contributed by atoms with Gasteiger partial charge in [-0.3, -0.25) is 4.79 Å². The second kappa shape index (κ2) is 7.66. The highest BCUT2D eigenvalue weighted by molar-refractivity contribution is 5.85. The van der Waals surface area contributed by atoms with E-state index in [1.165, 1.54) is 25.7 Å². The molecule has 1 atom stereocenters. The molecule has 0 heterocycles. The van der Waals surface area contributed by atoms with Gasteiger partial charge >= 0.3 is 6.09 Å². The Hall–Kier alpha value is -1.26. The van der Waals surface area contributed by atoms with Crippen LogP contribution in [0.4, 0.5) is 4.79 Å². The summed E-state index contributed by atoms with van der Waals surface area (Å²) in [7, 11) is 0. The van der Waals surface area contributed by atoms with Crippen LogP contribution in [0, 0.1) is 11.8 Å². The lowest BCUT2D eigenvalue weighted by Crippen LogP contribution is -2.51. The Morgan fingerprint density at radius 3 is 2.24 bits per heavy atom. The molecule has 0 radical (unpaired) electrons. The summed E-state index contributed by atoms with van der Waals surface area (Å²) >= 11 is 0. The summed E-state index contributed by atoms with van der Waals surface area (Å²) in [4.78, 5) is 24.1. The summed E-state index contributed by atoms with van der Waals surface area (Å²) < 4.78 is 5.22. The van der Waals surface area contributed by atoms with E-state index in [4.69, 9.17) is 4.74 Å². The number of carbonyl (C=O) groups is 2. The summed E-state index contributed by atoms with van der Waals surface area (Å²) in [6.07, 6.45) is 4.34. The van der Waals surface area contributed by atoms with Gasteiger partial charge in [-0.05, 0) is 45.4 Å². The maximum atomic E-state index is 12.3. The van der Waals surface area contributed by atoms with Crippen LogP contribution in [0.1, 0.15) is 60.3 Å². The highest BCUT2D eigenvalue weighted by atomic mass is 16.6. The van der Waals surface area contributed by atoms with Gasteiger partial charge in [0.2, 0.25) is 5.91 Å². The fraction of sp³-hybridized carbons (Fsp3) is 0.875. The van der Waals surface area contributed by atoms with Crippen molar-refractivity contribution in [2.45, 2.75) is 71.9 Å². The first-order chi connectivity index (χ1) is 9.69. The largest absolute Gasteiger partial charge is 0.444 e. The lowest BCUT2D eigenvalue weighted by atomic mass is 10.0. The molecule has 1 aliphatic rings. The van der Waals surface area contributed by atoms with E-state index >= 15 is 0 Å². The molecule has 1 unspecified atom stereocenters. The van der Waals surface area contributed by atoms with Gasteiger partial charge in [0, 0.05) is 6.54 Å². The third-order valence-corrected chi connectivity index (χ3v) is 3.66. The molecule has 1 fully saturated rings. The van der Waals surface area contributed by atoms with E-state index < -0.39 is 17.7 Å². The zero-order valence-electron chi connectivity index (χ0n) is 14.0. The molecule has 1 saturated carbocycles. The van der Waals surface area contributed by atoms with Crippen LogP contribution >= 0.6 is 0 Å². The molecule has 0 spiro atoms. The zero-order valence-corrected chi connectivity index (χ0v) is 14.0. The van der Waals surface area contributed by atoms with Crippen molar-refractivity contribution in [1.29, 1.82) is 0 Å². The monoisotopic (exact) mass is 298 g/mol. The van der Waals surface area contributed by atoms with Crippen molar-refractivity contribution in [2.75, 3.05) is 6.54 Å². The number of rotatable bonds is 5. The number of ether oxygens (including phenoxy) is 1. The lowest BCUT2D eigenvalue weighted by Gasteiger charge is -2.25. The number of amides is 2. The van der Waals surface area contributed by atoms with Crippen LogP contribution in [0.25, 0.3) is 0 Å². The van der Waals surface area contributed by atoms with Crippen molar-refractivity contribution in [3.05, 3.63) is 0 Å². The highest BCUT2D eigenvalue weighted by Gasteiger charge is 2.27. The van der Waals surface area contributed by atoms with Crippen LogP contribution < -0.4 is 10.6 Å². The van der Waals surface area contributed by atoms with Crippen LogP contribution in [-0.2, 0) is 9.53 Å². The van der Waals surface area contributed by atoms with Gasteiger partial charge in [0.1, 0.15) is 11.6 Å². The van der Waals surface area contributed by atoms with Gasteiger partial charge in [-0.25, -0.2) is 4.79 Å². The molecular weight excluding hydrogens is 268 g/mol. The number of hydrogen-bond donors (Lipinski definition) is 2. The van der Waals surface area contributed by atoms with Crippen molar-refractivity contribution in [3.8, 4) is 0 Å². The van der Waals surface area contributed by atoms with Gasteiger partial charge in [-0.15, -0.1) is 0 Å². The maximum absolute atomic E-state index is 12.3. The van der Waals surface area contributed by atoms with Gasteiger partial charge in [0.15, 0.2) is 0 Å². The first-order valence-corrected chi connectivity index (χ1v) is 7.96. The van der Waals surface area contributed by atoms with Crippen LogP contribution in [0.15, 0.2) is 0 Å². The van der Waals surface area contributed by atoms with Gasteiger partial charge < -0.3 is 15.4 Å². The van der Waals surface area contributed by atoms with E-state index in [1.807, 2.05) is 13.8 Å². The van der Waals surface area contributed by atoms with Gasteiger partial charge in [0.25, 0.3) is 0 Å². The van der Waals surface area contributed by atoms with Crippen molar-refractivity contribution >= 4 is 12.0 Å². The minimum atomic E-state index is -0.564. The van der Waals surface area contributed by atoms with Crippen molar-refractivity contribution in [1.82, 2.24) is 10.6 Å². The molecule has 2 N–H and O–H groups in total. The first kappa shape index (κ1) is 17.8. The standard InChI is InChI=1S/C16H30N2O3/c1-11(2)13(18-15(20)21-16(3,4)5)14(19)17-10-12-8-6-7-9-12/h11-13H,6-10H2,1-5H3,(H,17,19)(H,18,20). The average Bonchev–Trinajstić information content (AvgIpc) is 2.83. The van der Waals surface area contributed by atoms with E-state index in [2.05, 4.69) is 10.6 Å². The zero-order chi connectivity index (χ0) is 16.0. The molecule has 0 saturated heterocycles. The van der Waals surface area contributed by atoms with Crippen molar-refractivity contribution in [2.24, 2.45) is 11.8 Å². The van der Waals surface area contributed by atoms with Crippen LogP contribution in [0.3, 0.4) is 0 Å². The Kier molecular flexibility index (Phi) is 6.49. The molecule has 122 valence electrons. The van der Waals surface area contributed by atoms with E-state index in [0.29, 0.717) is 12.5 Å². The fourth-order valence-electron chi connectivity index (χ4n) is 2.54. The predicted octanol–water partition coefficient (Wildman–Crippen LogP) is 2.84. The summed E-state index contributed by atoms with van der Waals surface area (Å²) in [6.45, 7) is 9.94. The van der Waals surface area contributed by atoms with Gasteiger partial charge in [-0.2, -0.15) is 0 Å². The highest BCUT2D eigenvalue weighted by Crippen LogP contribution is 2.23. The summed E-state index contributed by atoms with van der Waals surface area (Å²) in [6, 6.07) is -0.554. The smallest absolute Gasteiger partial charge is 0.408 e. The number of carbonyl (C=O) groups excluding carboxylic acids is 2. The van der Waals surface area contributed by atoms with Gasteiger partial charge in [0.05, 0.1) is 0 Å². The minimum absolute atomic E-state index is 0.0149. The van der Waals surface area contributed by atoms with Crippen molar-refractivity contribution < 1.29 is 14.3 Å². The first-order valence-electron chi connectivity index (χ1n) is 7.96. The molecule has 5 nitrogen and oxygen atoms in total. The molecule has 2 amide bonds. The third-order valence-electron chi connectivity index (χ3n) is 3.66. The molecule has 0 aromatic rings. The predicted molar refractivity (Wildman–Crippen MR) is 83.0 cm³/mol. The minimum Gasteiger partial charge on any atom is -0.444 e. The molecule has 1 aliphatic carbocycles. The molecule has 0 bridgehead atoms. The molecule has 0 aromatic carbocycles. The molecule has 1 rings (SSSR count). The second-order valence-electron chi connectivity index (χ2n) is 7.26. The summed E-state index contributed by atoms with van der Waals surface area (Å²) in [5.41, 5.74) is -0.564. The maximum Gasteiger partial charge on any atom is 0.408 e. The normalized spacial score (nSPS) is 17.6. The fourth-order valence-corrected chi connectivity index (χ4v) is 2.54. The lowest BCUT2D eigenvalue weighted by molar-refractivity contribution is -0.124. The van der Waals surface area contributed by atoms with E-state index in [9.17, 15) is 9.59 Å². The molecule has 5 heteroatoms. The van der Waals surface area contributed by atoms with Crippen LogP contribution in [0.2, 0.25) is 0 Å². The summed E-state index contributed by atoms with van der Waals surface area (Å²) in [5.74, 6) is 0.479. The number of hydrogen-bond acceptors (Lipinski definition) is 3. The summed E-state index contributed by atoms with van der Waals surface area (Å²) in [5, 5.41) is 5.64. The van der Waals surface area contributed by atoms with E-state index in [0.717, 1.165) is 0 Å². The topological polar surface area (TPSA) is 67.4 Å². The molecule has 21 heavy (non-hydrogen) atoms. The Morgan fingerprint density at radius 2 is 1.76 bits per heavy atom. The Morgan fingerprint density at radius 1 is 1.19 bits per heavy atom. The van der Waals surface area contributed by atoms with Crippen LogP contribution in [0.5, 0.6) is 0 Å². The Labute approximate surface area is 128 Å². The Balaban J connectivity index is 2.47. The molecule has 0 aliphatic heterocycles. The molecule has 0 aromatic heterocycles. The SMILES string of the molecule is CC(C)C(NC(=O)OC(C)(C)C)C(=O)NCC1CCCC1.